The molecule has 1 N–H and O–H groups in total. The first-order valence-corrected chi connectivity index (χ1v) is 8.10. The van der Waals surface area contributed by atoms with Crippen molar-refractivity contribution in [2.75, 3.05) is 0 Å². The summed E-state index contributed by atoms with van der Waals surface area (Å²) in [6.45, 7) is 2.12. The van der Waals surface area contributed by atoms with Gasteiger partial charge in [-0.1, -0.05) is 11.6 Å². The molecule has 112 valence electrons. The molecule has 4 nitrogen and oxygen atoms in total. The van der Waals surface area contributed by atoms with E-state index in [0.717, 1.165) is 24.2 Å². The normalized spacial score (nSPS) is 14.3. The molecule has 1 aliphatic carbocycles. The van der Waals surface area contributed by atoms with E-state index in [1.54, 1.807) is 0 Å². The summed E-state index contributed by atoms with van der Waals surface area (Å²) in [6, 6.07) is 6.45. The molecule has 0 saturated heterocycles. The Morgan fingerprint density at radius 1 is 1.23 bits per heavy atom. The molecular weight excluding hydrogens is 292 g/mol. The van der Waals surface area contributed by atoms with Crippen molar-refractivity contribution in [3.8, 4) is 11.4 Å². The lowest BCUT2D eigenvalue weighted by Gasteiger charge is -2.20. The van der Waals surface area contributed by atoms with Crippen molar-refractivity contribution >= 4 is 23.1 Å². The summed E-state index contributed by atoms with van der Waals surface area (Å²) in [5.74, 6) is 0.918. The van der Waals surface area contributed by atoms with Gasteiger partial charge in [0.2, 0.25) is 0 Å². The lowest BCUT2D eigenvalue weighted by molar-refractivity contribution is 0.671. The number of benzene rings is 1. The van der Waals surface area contributed by atoms with E-state index in [1.807, 2.05) is 11.6 Å². The van der Waals surface area contributed by atoms with Crippen molar-refractivity contribution in [1.29, 1.82) is 0 Å². The van der Waals surface area contributed by atoms with Gasteiger partial charge in [-0.2, -0.15) is 5.10 Å². The lowest BCUT2D eigenvalue weighted by atomic mass is 9.89. The second-order valence-electron chi connectivity index (χ2n) is 6.05. The number of nitrogens with zero attached hydrogens (tertiary/aromatic N) is 3. The number of nitrogens with one attached hydrogen (secondary N) is 1. The van der Waals surface area contributed by atoms with E-state index in [9.17, 15) is 0 Å². The first-order chi connectivity index (χ1) is 10.6. The topological polar surface area (TPSA) is 46.5 Å². The van der Waals surface area contributed by atoms with Crippen molar-refractivity contribution in [2.45, 2.75) is 32.6 Å². The number of H-pyrrole nitrogens is 1. The third kappa shape index (κ3) is 2.00. The van der Waals surface area contributed by atoms with Gasteiger partial charge in [-0.3, -0.25) is 10.1 Å². The Kier molecular flexibility index (Phi) is 3.11. The van der Waals surface area contributed by atoms with Crippen LogP contribution in [0.25, 0.3) is 22.3 Å². The highest BCUT2D eigenvalue weighted by Gasteiger charge is 2.22. The minimum absolute atomic E-state index is 0.650. The predicted molar refractivity (Wildman–Crippen MR) is 90.5 cm³/mol. The molecule has 4 rings (SSSR count). The van der Waals surface area contributed by atoms with Gasteiger partial charge in [-0.15, -0.1) is 0 Å². The molecule has 1 aliphatic rings. The maximum atomic E-state index is 5.31. The molecule has 1 aromatic carbocycles. The number of aromatic nitrogens is 4. The highest BCUT2D eigenvalue weighted by molar-refractivity contribution is 7.71. The van der Waals surface area contributed by atoms with Crippen LogP contribution in [0, 0.1) is 11.7 Å². The first kappa shape index (κ1) is 13.6. The molecule has 0 bridgehead atoms. The zero-order chi connectivity index (χ0) is 15.3. The molecule has 0 amide bonds. The van der Waals surface area contributed by atoms with Crippen molar-refractivity contribution in [1.82, 2.24) is 19.7 Å². The summed E-state index contributed by atoms with van der Waals surface area (Å²) in [4.78, 5) is 4.91. The Balaban J connectivity index is 2.15. The number of fused-ring (bicyclic) bond motifs is 2. The van der Waals surface area contributed by atoms with Gasteiger partial charge in [0.1, 0.15) is 0 Å². The Hall–Kier alpha value is -2.01. The molecule has 0 aliphatic heterocycles. The van der Waals surface area contributed by atoms with Gasteiger partial charge >= 0.3 is 0 Å². The molecule has 0 fully saturated rings. The van der Waals surface area contributed by atoms with Crippen LogP contribution in [0.2, 0.25) is 0 Å². The molecular formula is C17H18N4S. The highest BCUT2D eigenvalue weighted by atomic mass is 32.1. The number of aryl methyl sites for hydroxylation is 2. The van der Waals surface area contributed by atoms with Crippen LogP contribution in [0.5, 0.6) is 0 Å². The molecule has 2 aromatic heterocycles. The molecule has 22 heavy (non-hydrogen) atoms. The fourth-order valence-electron chi connectivity index (χ4n) is 3.36. The second-order valence-corrected chi connectivity index (χ2v) is 6.44. The summed E-state index contributed by atoms with van der Waals surface area (Å²) in [7, 11) is 1.97. The molecule has 0 radical (unpaired) electrons. The van der Waals surface area contributed by atoms with E-state index in [2.05, 4.69) is 35.3 Å². The number of hydrogen-bond acceptors (Lipinski definition) is 3. The van der Waals surface area contributed by atoms with Gasteiger partial charge in [0.15, 0.2) is 10.6 Å². The lowest BCUT2D eigenvalue weighted by Crippen LogP contribution is -2.09. The van der Waals surface area contributed by atoms with Gasteiger partial charge in [0.25, 0.3) is 0 Å². The number of aromatic amines is 1. The summed E-state index contributed by atoms with van der Waals surface area (Å²) < 4.78 is 2.61. The van der Waals surface area contributed by atoms with Crippen LogP contribution in [0.4, 0.5) is 0 Å². The zero-order valence-corrected chi connectivity index (χ0v) is 13.6. The van der Waals surface area contributed by atoms with E-state index < -0.39 is 0 Å². The second kappa shape index (κ2) is 5.02. The van der Waals surface area contributed by atoms with Gasteiger partial charge in [0.05, 0.1) is 5.52 Å². The van der Waals surface area contributed by atoms with Crippen LogP contribution in [-0.4, -0.2) is 19.7 Å². The van der Waals surface area contributed by atoms with Crippen molar-refractivity contribution < 1.29 is 0 Å². The van der Waals surface area contributed by atoms with Gasteiger partial charge in [-0.25, -0.2) is 0 Å². The average Bonchev–Trinajstić information content (AvgIpc) is 2.85. The number of hydrogen-bond donors (Lipinski definition) is 1. The third-order valence-corrected chi connectivity index (χ3v) is 4.89. The summed E-state index contributed by atoms with van der Waals surface area (Å²) in [5, 5.41) is 8.59. The van der Waals surface area contributed by atoms with Crippen molar-refractivity contribution in [3.63, 3.8) is 0 Å². The minimum Gasteiger partial charge on any atom is -0.303 e. The zero-order valence-electron chi connectivity index (χ0n) is 12.8. The Bertz CT molecular complexity index is 936. The van der Waals surface area contributed by atoms with Crippen LogP contribution in [-0.2, 0) is 19.9 Å². The van der Waals surface area contributed by atoms with Crippen LogP contribution >= 0.6 is 12.2 Å². The third-order valence-electron chi connectivity index (χ3n) is 4.52. The molecule has 0 saturated carbocycles. The fourth-order valence-corrected chi connectivity index (χ4v) is 3.50. The quantitative estimate of drug-likeness (QED) is 0.694. The van der Waals surface area contributed by atoms with Crippen LogP contribution in [0.15, 0.2) is 18.2 Å². The van der Waals surface area contributed by atoms with Crippen LogP contribution in [0.1, 0.15) is 29.7 Å². The molecule has 5 heteroatoms. The average molecular weight is 310 g/mol. The Morgan fingerprint density at radius 3 is 2.82 bits per heavy atom. The maximum Gasteiger partial charge on any atom is 0.195 e. The Labute approximate surface area is 134 Å². The van der Waals surface area contributed by atoms with Gasteiger partial charge in [-0.05, 0) is 62.5 Å². The number of rotatable bonds is 1. The number of pyridine rings is 1. The molecule has 2 heterocycles. The molecule has 3 aromatic rings. The highest BCUT2D eigenvalue weighted by Crippen LogP contribution is 2.35. The van der Waals surface area contributed by atoms with Crippen molar-refractivity contribution in [3.05, 3.63) is 39.8 Å². The van der Waals surface area contributed by atoms with Gasteiger partial charge in [0, 0.05) is 23.7 Å². The van der Waals surface area contributed by atoms with E-state index in [-0.39, 0.29) is 0 Å². The standard InChI is InChI=1S/C17H18N4S/c1-10-7-8-14-12(9-10)15(16-19-20-17(22)21(16)2)11-5-3-4-6-13(11)18-14/h7-9H,3-6H2,1-2H3,(H,20,22). The molecule has 0 atom stereocenters. The predicted octanol–water partition coefficient (Wildman–Crippen LogP) is 3.88. The molecule has 0 unspecified atom stereocenters. The summed E-state index contributed by atoms with van der Waals surface area (Å²) in [5.41, 5.74) is 6.07. The summed E-state index contributed by atoms with van der Waals surface area (Å²) in [6.07, 6.45) is 4.56. The van der Waals surface area contributed by atoms with E-state index in [1.165, 1.54) is 40.6 Å². The molecule has 0 spiro atoms. The van der Waals surface area contributed by atoms with E-state index in [0.29, 0.717) is 4.77 Å². The van der Waals surface area contributed by atoms with Crippen LogP contribution < -0.4 is 0 Å². The van der Waals surface area contributed by atoms with Crippen LogP contribution in [0.3, 0.4) is 0 Å². The fraction of sp³-hybridized carbons (Fsp3) is 0.353. The monoisotopic (exact) mass is 310 g/mol. The maximum absolute atomic E-state index is 5.31. The SMILES string of the molecule is Cc1ccc2nc3c(c(-c4n[nH]c(=S)n4C)c2c1)CCCC3. The van der Waals surface area contributed by atoms with E-state index >= 15 is 0 Å². The minimum atomic E-state index is 0.650. The largest absolute Gasteiger partial charge is 0.303 e. The Morgan fingerprint density at radius 2 is 2.05 bits per heavy atom. The van der Waals surface area contributed by atoms with E-state index in [4.69, 9.17) is 17.2 Å². The first-order valence-electron chi connectivity index (χ1n) is 7.69. The van der Waals surface area contributed by atoms with Crippen molar-refractivity contribution in [2.24, 2.45) is 7.05 Å². The smallest absolute Gasteiger partial charge is 0.195 e. The van der Waals surface area contributed by atoms with Gasteiger partial charge < -0.3 is 4.57 Å². The summed E-state index contributed by atoms with van der Waals surface area (Å²) >= 11 is 5.31.